The van der Waals surface area contributed by atoms with Gasteiger partial charge in [0.15, 0.2) is 5.78 Å². The van der Waals surface area contributed by atoms with E-state index in [1.165, 1.54) is 5.56 Å². The van der Waals surface area contributed by atoms with Gasteiger partial charge in [0.1, 0.15) is 0 Å². The minimum absolute atomic E-state index is 0.0711. The fourth-order valence-electron chi connectivity index (χ4n) is 1.61. The van der Waals surface area contributed by atoms with Crippen molar-refractivity contribution in [1.82, 2.24) is 0 Å². The second-order valence-corrected chi connectivity index (χ2v) is 3.82. The number of Topliss-reactive ketones (excluding diaryl/α,β-unsaturated/α-hetero) is 1. The van der Waals surface area contributed by atoms with Crippen molar-refractivity contribution in [3.8, 4) is 0 Å². The number of hydrogen-bond donors (Lipinski definition) is 1. The van der Waals surface area contributed by atoms with E-state index >= 15 is 0 Å². The third-order valence-electron chi connectivity index (χ3n) is 2.57. The van der Waals surface area contributed by atoms with Crippen LogP contribution >= 0.6 is 0 Å². The van der Waals surface area contributed by atoms with Gasteiger partial charge in [0.2, 0.25) is 0 Å². The standard InChI is InChI=1S/C13H16O3/c1-3-10-4-5-11(9(2)8-10)12(14)6-7-13(15)16/h4-5,8H,3,6-7H2,1-2H3,(H,15,16). The molecule has 86 valence electrons. The number of carbonyl (C=O) groups excluding carboxylic acids is 1. The molecule has 16 heavy (non-hydrogen) atoms. The van der Waals surface area contributed by atoms with Gasteiger partial charge >= 0.3 is 5.97 Å². The predicted octanol–water partition coefficient (Wildman–Crippen LogP) is 2.60. The Labute approximate surface area is 95.1 Å². The van der Waals surface area contributed by atoms with Gasteiger partial charge in [0, 0.05) is 12.0 Å². The van der Waals surface area contributed by atoms with Crippen LogP contribution in [0.5, 0.6) is 0 Å². The Hall–Kier alpha value is -1.64. The van der Waals surface area contributed by atoms with Crippen molar-refractivity contribution in [2.24, 2.45) is 0 Å². The van der Waals surface area contributed by atoms with Crippen molar-refractivity contribution in [1.29, 1.82) is 0 Å². The van der Waals surface area contributed by atoms with Gasteiger partial charge in [-0.15, -0.1) is 0 Å². The van der Waals surface area contributed by atoms with E-state index in [2.05, 4.69) is 6.92 Å². The zero-order valence-electron chi connectivity index (χ0n) is 9.62. The van der Waals surface area contributed by atoms with Gasteiger partial charge in [0.05, 0.1) is 6.42 Å². The normalized spacial score (nSPS) is 10.1. The van der Waals surface area contributed by atoms with Gasteiger partial charge in [-0.2, -0.15) is 0 Å². The third-order valence-corrected chi connectivity index (χ3v) is 2.57. The highest BCUT2D eigenvalue weighted by atomic mass is 16.4. The Bertz CT molecular complexity index is 408. The highest BCUT2D eigenvalue weighted by Gasteiger charge is 2.10. The highest BCUT2D eigenvalue weighted by molar-refractivity contribution is 5.98. The molecule has 0 saturated carbocycles. The Morgan fingerprint density at radius 3 is 2.44 bits per heavy atom. The van der Waals surface area contributed by atoms with Crippen LogP contribution in [0.1, 0.15) is 41.3 Å². The number of hydrogen-bond acceptors (Lipinski definition) is 2. The van der Waals surface area contributed by atoms with Crippen molar-refractivity contribution < 1.29 is 14.7 Å². The average Bonchev–Trinajstić information content (AvgIpc) is 2.25. The number of carboxylic acids is 1. The molecule has 0 atom stereocenters. The Balaban J connectivity index is 2.79. The SMILES string of the molecule is CCc1ccc(C(=O)CCC(=O)O)c(C)c1. The van der Waals surface area contributed by atoms with Crippen LogP contribution < -0.4 is 0 Å². The molecule has 1 rings (SSSR count). The van der Waals surface area contributed by atoms with Gasteiger partial charge in [-0.3, -0.25) is 9.59 Å². The largest absolute Gasteiger partial charge is 0.481 e. The van der Waals surface area contributed by atoms with Crippen LogP contribution in [0.2, 0.25) is 0 Å². The molecule has 0 saturated heterocycles. The maximum absolute atomic E-state index is 11.7. The van der Waals surface area contributed by atoms with Crippen molar-refractivity contribution in [3.63, 3.8) is 0 Å². The lowest BCUT2D eigenvalue weighted by Gasteiger charge is -2.06. The maximum Gasteiger partial charge on any atom is 0.303 e. The molecule has 0 aromatic heterocycles. The number of carbonyl (C=O) groups is 2. The molecule has 3 nitrogen and oxygen atoms in total. The van der Waals surface area contributed by atoms with E-state index < -0.39 is 5.97 Å². The van der Waals surface area contributed by atoms with E-state index in [9.17, 15) is 9.59 Å². The predicted molar refractivity (Wildman–Crippen MR) is 61.8 cm³/mol. The summed E-state index contributed by atoms with van der Waals surface area (Å²) in [6, 6.07) is 5.69. The zero-order chi connectivity index (χ0) is 12.1. The molecule has 1 aromatic carbocycles. The molecule has 0 spiro atoms. The minimum Gasteiger partial charge on any atom is -0.481 e. The maximum atomic E-state index is 11.7. The highest BCUT2D eigenvalue weighted by Crippen LogP contribution is 2.14. The van der Waals surface area contributed by atoms with Crippen LogP contribution in [0.25, 0.3) is 0 Å². The molecule has 1 aromatic rings. The number of ketones is 1. The molecule has 0 aliphatic carbocycles. The summed E-state index contributed by atoms with van der Waals surface area (Å²) in [5.41, 5.74) is 2.75. The fourth-order valence-corrected chi connectivity index (χ4v) is 1.61. The van der Waals surface area contributed by atoms with Crippen LogP contribution in [-0.4, -0.2) is 16.9 Å². The van der Waals surface area contributed by atoms with Crippen molar-refractivity contribution in [2.45, 2.75) is 33.1 Å². The Morgan fingerprint density at radius 1 is 1.25 bits per heavy atom. The second kappa shape index (κ2) is 5.45. The lowest BCUT2D eigenvalue weighted by atomic mass is 9.98. The Morgan fingerprint density at radius 2 is 1.94 bits per heavy atom. The molecule has 0 bridgehead atoms. The molecule has 1 N–H and O–H groups in total. The van der Waals surface area contributed by atoms with E-state index in [1.54, 1.807) is 6.07 Å². The van der Waals surface area contributed by atoms with Gasteiger partial charge in [-0.05, 0) is 24.5 Å². The van der Waals surface area contributed by atoms with Crippen molar-refractivity contribution in [3.05, 3.63) is 34.9 Å². The number of carboxylic acid groups (broad SMARTS) is 1. The summed E-state index contributed by atoms with van der Waals surface area (Å²) in [5, 5.41) is 8.51. The van der Waals surface area contributed by atoms with E-state index in [1.807, 2.05) is 19.1 Å². The summed E-state index contributed by atoms with van der Waals surface area (Å²) in [7, 11) is 0. The van der Waals surface area contributed by atoms with Crippen molar-refractivity contribution >= 4 is 11.8 Å². The lowest BCUT2D eigenvalue weighted by Crippen LogP contribution is -2.05. The first-order valence-corrected chi connectivity index (χ1v) is 5.39. The summed E-state index contributed by atoms with van der Waals surface area (Å²) in [5.74, 6) is -1.03. The molecule has 0 aliphatic rings. The number of benzene rings is 1. The molecule has 0 heterocycles. The van der Waals surface area contributed by atoms with Crippen LogP contribution in [0.3, 0.4) is 0 Å². The summed E-state index contributed by atoms with van der Waals surface area (Å²) < 4.78 is 0. The van der Waals surface area contributed by atoms with Crippen LogP contribution in [0.4, 0.5) is 0 Å². The summed E-state index contributed by atoms with van der Waals surface area (Å²) in [6.07, 6.45) is 0.903. The summed E-state index contributed by atoms with van der Waals surface area (Å²) >= 11 is 0. The quantitative estimate of drug-likeness (QED) is 0.776. The van der Waals surface area contributed by atoms with Crippen LogP contribution in [0, 0.1) is 6.92 Å². The van der Waals surface area contributed by atoms with E-state index in [0.29, 0.717) is 5.56 Å². The van der Waals surface area contributed by atoms with E-state index in [-0.39, 0.29) is 18.6 Å². The van der Waals surface area contributed by atoms with Gasteiger partial charge in [-0.25, -0.2) is 0 Å². The van der Waals surface area contributed by atoms with Gasteiger partial charge in [0.25, 0.3) is 0 Å². The van der Waals surface area contributed by atoms with E-state index in [0.717, 1.165) is 12.0 Å². The number of aryl methyl sites for hydroxylation is 2. The van der Waals surface area contributed by atoms with E-state index in [4.69, 9.17) is 5.11 Å². The van der Waals surface area contributed by atoms with Gasteiger partial charge in [-0.1, -0.05) is 25.1 Å². The monoisotopic (exact) mass is 220 g/mol. The summed E-state index contributed by atoms with van der Waals surface area (Å²) in [6.45, 7) is 3.94. The molecular weight excluding hydrogens is 204 g/mol. The molecule has 3 heteroatoms. The zero-order valence-corrected chi connectivity index (χ0v) is 9.62. The summed E-state index contributed by atoms with van der Waals surface area (Å²) in [4.78, 5) is 22.1. The Kier molecular flexibility index (Phi) is 4.23. The topological polar surface area (TPSA) is 54.4 Å². The smallest absolute Gasteiger partial charge is 0.303 e. The first-order valence-electron chi connectivity index (χ1n) is 5.39. The molecule has 0 radical (unpaired) electrons. The minimum atomic E-state index is -0.934. The third kappa shape index (κ3) is 3.19. The van der Waals surface area contributed by atoms with Crippen LogP contribution in [0.15, 0.2) is 18.2 Å². The molecule has 0 aliphatic heterocycles. The molecule has 0 amide bonds. The van der Waals surface area contributed by atoms with Gasteiger partial charge < -0.3 is 5.11 Å². The molecule has 0 unspecified atom stereocenters. The van der Waals surface area contributed by atoms with Crippen molar-refractivity contribution in [2.75, 3.05) is 0 Å². The lowest BCUT2D eigenvalue weighted by molar-refractivity contribution is -0.136. The molecular formula is C13H16O3. The average molecular weight is 220 g/mol. The van der Waals surface area contributed by atoms with Crippen LogP contribution in [-0.2, 0) is 11.2 Å². The second-order valence-electron chi connectivity index (χ2n) is 3.82. The molecule has 0 fully saturated rings. The number of rotatable bonds is 5. The first-order chi connectivity index (χ1) is 7.54. The number of aliphatic carboxylic acids is 1. The first kappa shape index (κ1) is 12.4. The fraction of sp³-hybridized carbons (Fsp3) is 0.385.